The fraction of sp³-hybridized carbons (Fsp3) is 0.414. The lowest BCUT2D eigenvalue weighted by atomic mass is 10.1. The van der Waals surface area contributed by atoms with Crippen molar-refractivity contribution in [1.82, 2.24) is 4.90 Å². The zero-order valence-corrected chi connectivity index (χ0v) is 24.7. The highest BCUT2D eigenvalue weighted by atomic mass is 35.5. The zero-order chi connectivity index (χ0) is 29.4. The van der Waals surface area contributed by atoms with Crippen molar-refractivity contribution in [3.63, 3.8) is 0 Å². The van der Waals surface area contributed by atoms with E-state index < -0.39 is 16.0 Å². The van der Waals surface area contributed by atoms with Gasteiger partial charge in [0.05, 0.1) is 23.1 Å². The van der Waals surface area contributed by atoms with Crippen molar-refractivity contribution < 1.29 is 22.7 Å². The number of sulfonamides is 1. The van der Waals surface area contributed by atoms with Gasteiger partial charge in [0, 0.05) is 51.4 Å². The molecule has 0 bridgehead atoms. The van der Waals surface area contributed by atoms with Crippen LogP contribution in [0, 0.1) is 5.41 Å². The summed E-state index contributed by atoms with van der Waals surface area (Å²) in [5.41, 5.74) is 7.28. The molecular formula is C29H36ClN5O5S. The van der Waals surface area contributed by atoms with Crippen LogP contribution in [0.4, 0.5) is 5.69 Å². The van der Waals surface area contributed by atoms with Crippen LogP contribution >= 0.6 is 11.6 Å². The lowest BCUT2D eigenvalue weighted by Gasteiger charge is -2.33. The van der Waals surface area contributed by atoms with Crippen molar-refractivity contribution >= 4 is 51.0 Å². The minimum Gasteiger partial charge on any atom is -0.489 e. The van der Waals surface area contributed by atoms with Crippen LogP contribution in [-0.4, -0.2) is 75.6 Å². The van der Waals surface area contributed by atoms with E-state index in [1.807, 2.05) is 6.07 Å². The van der Waals surface area contributed by atoms with Crippen molar-refractivity contribution in [3.05, 3.63) is 64.7 Å². The number of hydrogen-bond acceptors (Lipinski definition) is 8. The molecule has 41 heavy (non-hydrogen) atoms. The van der Waals surface area contributed by atoms with Crippen LogP contribution in [0.3, 0.4) is 0 Å². The van der Waals surface area contributed by atoms with Crippen molar-refractivity contribution in [2.75, 3.05) is 42.8 Å². The summed E-state index contributed by atoms with van der Waals surface area (Å²) in [6.07, 6.45) is 7.32. The van der Waals surface area contributed by atoms with Gasteiger partial charge < -0.3 is 20.1 Å². The van der Waals surface area contributed by atoms with Crippen molar-refractivity contribution in [1.29, 1.82) is 5.41 Å². The van der Waals surface area contributed by atoms with E-state index in [1.165, 1.54) is 17.1 Å². The minimum atomic E-state index is -3.88. The van der Waals surface area contributed by atoms with Gasteiger partial charge in [0.1, 0.15) is 30.0 Å². The molecular weight excluding hydrogens is 566 g/mol. The third-order valence-corrected chi connectivity index (χ3v) is 8.93. The molecule has 10 nitrogen and oxygen atoms in total. The van der Waals surface area contributed by atoms with E-state index in [4.69, 9.17) is 32.2 Å². The molecule has 2 aliphatic rings. The molecule has 0 aromatic heterocycles. The van der Waals surface area contributed by atoms with E-state index in [1.54, 1.807) is 48.6 Å². The Kier molecular flexibility index (Phi) is 10.3. The van der Waals surface area contributed by atoms with Crippen LogP contribution in [0.1, 0.15) is 43.7 Å². The van der Waals surface area contributed by atoms with Crippen molar-refractivity contribution in [3.8, 4) is 5.75 Å². The Bertz CT molecular complexity index is 1420. The molecule has 2 heterocycles. The Hall–Kier alpha value is -3.57. The molecule has 2 aromatic carbocycles. The van der Waals surface area contributed by atoms with Gasteiger partial charge in [-0.05, 0) is 36.2 Å². The summed E-state index contributed by atoms with van der Waals surface area (Å²) in [7, 11) is -3.88. The van der Waals surface area contributed by atoms with Crippen LogP contribution in [0.5, 0.6) is 5.75 Å². The number of nitrogen functional groups attached to an aromatic ring is 1. The molecule has 0 unspecified atom stereocenters. The Balaban J connectivity index is 1.47. The molecule has 1 saturated heterocycles. The van der Waals surface area contributed by atoms with Crippen molar-refractivity contribution in [2.24, 2.45) is 10.7 Å². The third-order valence-electron chi connectivity index (χ3n) is 6.92. The second-order valence-corrected chi connectivity index (χ2v) is 12.4. The standard InChI is InChI=1S/C29H36ClN5O5S/c1-21(36)39-17-18-41(37,38)35(14-4-6-22-5-2-7-23(19-22)29(31)32)24-9-10-27(26(30)20-24)40-25-11-15-34(16-12-25)28-8-3-13-33-28/h2,4-7,9-10,19-20,25H,3,8,11-18H2,1H3,(H3,31,32)/b6-4+. The molecule has 2 aromatic rings. The summed E-state index contributed by atoms with van der Waals surface area (Å²) >= 11 is 6.60. The molecule has 0 atom stereocenters. The monoisotopic (exact) mass is 601 g/mol. The van der Waals surface area contributed by atoms with E-state index >= 15 is 0 Å². The van der Waals surface area contributed by atoms with E-state index in [0.29, 0.717) is 22.0 Å². The number of halogens is 1. The predicted molar refractivity (Wildman–Crippen MR) is 162 cm³/mol. The second-order valence-electron chi connectivity index (χ2n) is 9.95. The summed E-state index contributed by atoms with van der Waals surface area (Å²) in [6.45, 7) is 3.65. The van der Waals surface area contributed by atoms with Crippen LogP contribution in [0.15, 0.2) is 53.5 Å². The molecule has 12 heteroatoms. The maximum Gasteiger partial charge on any atom is 0.302 e. The Morgan fingerprint density at radius 1 is 1.24 bits per heavy atom. The highest BCUT2D eigenvalue weighted by Gasteiger charge is 2.26. The molecule has 1 fully saturated rings. The van der Waals surface area contributed by atoms with Crippen LogP contribution < -0.4 is 14.8 Å². The van der Waals surface area contributed by atoms with Crippen LogP contribution in [0.25, 0.3) is 6.08 Å². The first-order valence-corrected chi connectivity index (χ1v) is 15.6. The number of carbonyl (C=O) groups excluding carboxylic acids is 1. The maximum absolute atomic E-state index is 13.3. The number of nitrogens with two attached hydrogens (primary N) is 1. The van der Waals surface area contributed by atoms with E-state index in [9.17, 15) is 13.2 Å². The SMILES string of the molecule is CC(=O)OCCS(=O)(=O)N(C/C=C/c1cccc(C(=N)N)c1)c1ccc(OC2CCN(C3=NCCC3)CC2)c(Cl)c1. The van der Waals surface area contributed by atoms with Gasteiger partial charge in [-0.15, -0.1) is 0 Å². The molecule has 0 amide bonds. The predicted octanol–water partition coefficient (Wildman–Crippen LogP) is 4.07. The van der Waals surface area contributed by atoms with E-state index in [2.05, 4.69) is 9.89 Å². The van der Waals surface area contributed by atoms with Gasteiger partial charge in [-0.1, -0.05) is 42.0 Å². The number of amidine groups is 2. The number of anilines is 1. The van der Waals surface area contributed by atoms with Gasteiger partial charge in [0.15, 0.2) is 0 Å². The lowest BCUT2D eigenvalue weighted by molar-refractivity contribution is -0.140. The average Bonchev–Trinajstić information content (AvgIpc) is 3.48. The molecule has 220 valence electrons. The molecule has 2 aliphatic heterocycles. The molecule has 0 saturated carbocycles. The number of piperidine rings is 1. The number of rotatable bonds is 11. The number of nitrogens with zero attached hydrogens (tertiary/aromatic N) is 3. The number of likely N-dealkylation sites (tertiary alicyclic amines) is 1. The Morgan fingerprint density at radius 2 is 2.02 bits per heavy atom. The van der Waals surface area contributed by atoms with Gasteiger partial charge in [0.25, 0.3) is 0 Å². The first-order valence-electron chi connectivity index (χ1n) is 13.6. The number of carbonyl (C=O) groups is 1. The smallest absolute Gasteiger partial charge is 0.302 e. The summed E-state index contributed by atoms with van der Waals surface area (Å²) in [5, 5.41) is 7.94. The second kappa shape index (κ2) is 13.9. The highest BCUT2D eigenvalue weighted by molar-refractivity contribution is 7.92. The normalized spacial score (nSPS) is 16.0. The summed E-state index contributed by atoms with van der Waals surface area (Å²) in [5.74, 6) is 0.701. The van der Waals surface area contributed by atoms with Crippen LogP contribution in [0.2, 0.25) is 5.02 Å². The van der Waals surface area contributed by atoms with Crippen LogP contribution in [-0.2, 0) is 19.6 Å². The van der Waals surface area contributed by atoms with Gasteiger partial charge in [-0.2, -0.15) is 0 Å². The maximum atomic E-state index is 13.3. The quantitative estimate of drug-likeness (QED) is 0.225. The zero-order valence-electron chi connectivity index (χ0n) is 23.1. The first-order chi connectivity index (χ1) is 19.6. The Morgan fingerprint density at radius 3 is 2.68 bits per heavy atom. The lowest BCUT2D eigenvalue weighted by Crippen LogP contribution is -2.41. The number of hydrogen-bond donors (Lipinski definition) is 2. The number of nitrogens with one attached hydrogen (secondary N) is 1. The van der Waals surface area contributed by atoms with Gasteiger partial charge in [-0.25, -0.2) is 8.42 Å². The summed E-state index contributed by atoms with van der Waals surface area (Å²) in [6, 6.07) is 12.0. The molecule has 4 rings (SSSR count). The fourth-order valence-electron chi connectivity index (χ4n) is 4.81. The molecule has 3 N–H and O–H groups in total. The highest BCUT2D eigenvalue weighted by Crippen LogP contribution is 2.33. The molecule has 0 spiro atoms. The summed E-state index contributed by atoms with van der Waals surface area (Å²) in [4.78, 5) is 18.1. The Labute approximate surface area is 246 Å². The van der Waals surface area contributed by atoms with Gasteiger partial charge >= 0.3 is 5.97 Å². The van der Waals surface area contributed by atoms with Crippen molar-refractivity contribution in [2.45, 2.75) is 38.7 Å². The average molecular weight is 602 g/mol. The summed E-state index contributed by atoms with van der Waals surface area (Å²) < 4.78 is 39.0. The first kappa shape index (κ1) is 30.4. The van der Waals surface area contributed by atoms with Gasteiger partial charge in [0.2, 0.25) is 10.0 Å². The molecule has 0 radical (unpaired) electrons. The number of aliphatic imine (C=N–C) groups is 1. The number of benzene rings is 2. The number of ether oxygens (including phenoxy) is 2. The molecule has 0 aliphatic carbocycles. The minimum absolute atomic E-state index is 0.00554. The van der Waals surface area contributed by atoms with E-state index in [0.717, 1.165) is 50.9 Å². The van der Waals surface area contributed by atoms with Gasteiger partial charge in [-0.3, -0.25) is 19.5 Å². The largest absolute Gasteiger partial charge is 0.489 e. The van der Waals surface area contributed by atoms with E-state index in [-0.39, 0.29) is 30.8 Å². The third kappa shape index (κ3) is 8.46. The fourth-order valence-corrected chi connectivity index (χ4v) is 6.29. The topological polar surface area (TPSA) is 138 Å². The number of esters is 1.